The van der Waals surface area contributed by atoms with Crippen LogP contribution in [0.25, 0.3) is 0 Å². The van der Waals surface area contributed by atoms with Gasteiger partial charge in [-0.05, 0) is 13.0 Å². The second-order valence-corrected chi connectivity index (χ2v) is 3.84. The zero-order valence-electron chi connectivity index (χ0n) is 7.64. The van der Waals surface area contributed by atoms with Crippen molar-refractivity contribution in [2.24, 2.45) is 5.84 Å². The van der Waals surface area contributed by atoms with Crippen LogP contribution in [0.4, 0.5) is 5.13 Å². The minimum atomic E-state index is 0.616. The molecule has 7 heteroatoms. The summed E-state index contributed by atoms with van der Waals surface area (Å²) in [5.74, 6) is 5.20. The van der Waals surface area contributed by atoms with Crippen LogP contribution in [0.3, 0.4) is 0 Å². The summed E-state index contributed by atoms with van der Waals surface area (Å²) >= 11 is 1.42. The highest BCUT2D eigenvalue weighted by atomic mass is 32.1. The second kappa shape index (κ2) is 3.72. The number of aromatic nitrogens is 4. The van der Waals surface area contributed by atoms with Crippen LogP contribution in [0.5, 0.6) is 0 Å². The highest BCUT2D eigenvalue weighted by molar-refractivity contribution is 7.15. The van der Waals surface area contributed by atoms with Gasteiger partial charge in [0.1, 0.15) is 5.01 Å². The lowest BCUT2D eigenvalue weighted by atomic mass is 10.5. The van der Waals surface area contributed by atoms with E-state index in [2.05, 4.69) is 20.7 Å². The van der Waals surface area contributed by atoms with Crippen molar-refractivity contribution in [1.82, 2.24) is 20.0 Å². The molecule has 0 aromatic carbocycles. The lowest BCUT2D eigenvalue weighted by Gasteiger charge is -1.98. The molecule has 2 rings (SSSR count). The predicted octanol–water partition coefficient (Wildman–Crippen LogP) is 0.377. The second-order valence-electron chi connectivity index (χ2n) is 2.78. The van der Waals surface area contributed by atoms with E-state index in [1.807, 2.05) is 17.7 Å². The number of aryl methyl sites for hydroxylation is 1. The lowest BCUT2D eigenvalue weighted by molar-refractivity contribution is 0.657. The smallest absolute Gasteiger partial charge is 0.219 e. The van der Waals surface area contributed by atoms with E-state index in [9.17, 15) is 0 Å². The Labute approximate surface area is 84.7 Å². The molecule has 0 fully saturated rings. The van der Waals surface area contributed by atoms with Crippen molar-refractivity contribution in [3.63, 3.8) is 0 Å². The van der Waals surface area contributed by atoms with Gasteiger partial charge in [0.15, 0.2) is 0 Å². The van der Waals surface area contributed by atoms with Crippen LogP contribution >= 0.6 is 11.3 Å². The molecule has 0 bridgehead atoms. The SMILES string of the molecule is Cc1ccnn1Cc1nnc(NN)s1. The standard InChI is InChI=1S/C7H10N6S/c1-5-2-3-9-13(5)4-6-11-12-7(10-8)14-6/h2-3H,4,8H2,1H3,(H,10,12). The first-order valence-corrected chi connectivity index (χ1v) is 4.88. The molecule has 3 N–H and O–H groups in total. The van der Waals surface area contributed by atoms with Gasteiger partial charge in [-0.2, -0.15) is 5.10 Å². The fourth-order valence-corrected chi connectivity index (χ4v) is 1.70. The minimum Gasteiger partial charge on any atom is -0.298 e. The number of hydrogen-bond donors (Lipinski definition) is 2. The van der Waals surface area contributed by atoms with Gasteiger partial charge in [-0.25, -0.2) is 5.84 Å². The molecule has 0 aliphatic heterocycles. The van der Waals surface area contributed by atoms with Crippen molar-refractivity contribution >= 4 is 16.5 Å². The molecule has 14 heavy (non-hydrogen) atoms. The number of rotatable bonds is 3. The van der Waals surface area contributed by atoms with Crippen molar-refractivity contribution in [2.45, 2.75) is 13.5 Å². The van der Waals surface area contributed by atoms with Crippen LogP contribution in [0.1, 0.15) is 10.7 Å². The quantitative estimate of drug-likeness (QED) is 0.565. The van der Waals surface area contributed by atoms with Crippen LogP contribution in [-0.4, -0.2) is 20.0 Å². The number of nitrogen functional groups attached to an aromatic ring is 1. The Morgan fingerprint density at radius 3 is 3.00 bits per heavy atom. The lowest BCUT2D eigenvalue weighted by Crippen LogP contribution is -2.05. The number of hydrazine groups is 1. The van der Waals surface area contributed by atoms with Crippen molar-refractivity contribution in [2.75, 3.05) is 5.43 Å². The average molecular weight is 210 g/mol. The molecule has 0 atom stereocenters. The molecule has 0 spiro atoms. The topological polar surface area (TPSA) is 81.7 Å². The molecule has 2 aromatic heterocycles. The predicted molar refractivity (Wildman–Crippen MR) is 53.8 cm³/mol. The Morgan fingerprint density at radius 1 is 1.57 bits per heavy atom. The highest BCUT2D eigenvalue weighted by Crippen LogP contribution is 2.14. The summed E-state index contributed by atoms with van der Waals surface area (Å²) in [5.41, 5.74) is 3.56. The van der Waals surface area contributed by atoms with E-state index in [4.69, 9.17) is 5.84 Å². The maximum Gasteiger partial charge on any atom is 0.219 e. The van der Waals surface area contributed by atoms with Crippen molar-refractivity contribution in [1.29, 1.82) is 0 Å². The van der Waals surface area contributed by atoms with Crippen molar-refractivity contribution in [3.8, 4) is 0 Å². The van der Waals surface area contributed by atoms with E-state index >= 15 is 0 Å². The minimum absolute atomic E-state index is 0.616. The number of nitrogens with two attached hydrogens (primary N) is 1. The van der Waals surface area contributed by atoms with Gasteiger partial charge in [-0.3, -0.25) is 10.1 Å². The summed E-state index contributed by atoms with van der Waals surface area (Å²) in [4.78, 5) is 0. The van der Waals surface area contributed by atoms with E-state index in [-0.39, 0.29) is 0 Å². The van der Waals surface area contributed by atoms with Gasteiger partial charge in [0.2, 0.25) is 5.13 Å². The average Bonchev–Trinajstić information content (AvgIpc) is 2.77. The molecule has 74 valence electrons. The van der Waals surface area contributed by atoms with Gasteiger partial charge in [-0.15, -0.1) is 10.2 Å². The molecule has 2 heterocycles. The molecule has 0 saturated heterocycles. The van der Waals surface area contributed by atoms with E-state index in [0.29, 0.717) is 11.7 Å². The van der Waals surface area contributed by atoms with Crippen LogP contribution in [0.2, 0.25) is 0 Å². The maximum absolute atomic E-state index is 5.20. The number of hydrogen-bond acceptors (Lipinski definition) is 6. The van der Waals surface area contributed by atoms with E-state index in [1.165, 1.54) is 11.3 Å². The summed E-state index contributed by atoms with van der Waals surface area (Å²) in [6, 6.07) is 1.95. The van der Waals surface area contributed by atoms with Gasteiger partial charge in [0.05, 0.1) is 6.54 Å². The molecule has 0 aliphatic carbocycles. The van der Waals surface area contributed by atoms with Crippen LogP contribution in [0, 0.1) is 6.92 Å². The van der Waals surface area contributed by atoms with E-state index in [1.54, 1.807) is 6.20 Å². The maximum atomic E-state index is 5.20. The first kappa shape index (κ1) is 9.10. The zero-order chi connectivity index (χ0) is 9.97. The molecule has 0 radical (unpaired) electrons. The molecule has 6 nitrogen and oxygen atoms in total. The Bertz CT molecular complexity index is 419. The normalized spacial score (nSPS) is 10.4. The van der Waals surface area contributed by atoms with Gasteiger partial charge in [0, 0.05) is 11.9 Å². The first-order valence-electron chi connectivity index (χ1n) is 4.07. The van der Waals surface area contributed by atoms with Gasteiger partial charge in [-0.1, -0.05) is 11.3 Å². The molecular weight excluding hydrogens is 200 g/mol. The molecule has 0 unspecified atom stereocenters. The number of anilines is 1. The summed E-state index contributed by atoms with van der Waals surface area (Å²) in [6.45, 7) is 2.63. The van der Waals surface area contributed by atoms with Crippen molar-refractivity contribution < 1.29 is 0 Å². The van der Waals surface area contributed by atoms with Crippen LogP contribution in [-0.2, 0) is 6.54 Å². The molecule has 2 aromatic rings. The molecule has 0 saturated carbocycles. The van der Waals surface area contributed by atoms with Crippen LogP contribution < -0.4 is 11.3 Å². The monoisotopic (exact) mass is 210 g/mol. The Balaban J connectivity index is 2.15. The molecule has 0 amide bonds. The Morgan fingerprint density at radius 2 is 2.43 bits per heavy atom. The molecule has 0 aliphatic rings. The Hall–Kier alpha value is -1.47. The first-order chi connectivity index (χ1) is 6.79. The summed E-state index contributed by atoms with van der Waals surface area (Å²) in [6.07, 6.45) is 1.76. The summed E-state index contributed by atoms with van der Waals surface area (Å²) < 4.78 is 1.86. The number of nitrogens with zero attached hydrogens (tertiary/aromatic N) is 4. The largest absolute Gasteiger partial charge is 0.298 e. The molecular formula is C7H10N6S. The third-order valence-corrected chi connectivity index (χ3v) is 2.64. The van der Waals surface area contributed by atoms with Gasteiger partial charge in [0.25, 0.3) is 0 Å². The van der Waals surface area contributed by atoms with E-state index < -0.39 is 0 Å². The summed E-state index contributed by atoms with van der Waals surface area (Å²) in [7, 11) is 0. The highest BCUT2D eigenvalue weighted by Gasteiger charge is 2.04. The zero-order valence-corrected chi connectivity index (χ0v) is 8.45. The fraction of sp³-hybridized carbons (Fsp3) is 0.286. The Kier molecular flexibility index (Phi) is 2.42. The summed E-state index contributed by atoms with van der Waals surface area (Å²) in [5, 5.41) is 13.4. The van der Waals surface area contributed by atoms with E-state index in [0.717, 1.165) is 10.7 Å². The third-order valence-electron chi connectivity index (χ3n) is 1.80. The fourth-order valence-electron chi connectivity index (χ4n) is 1.07. The number of nitrogens with one attached hydrogen (secondary N) is 1. The van der Waals surface area contributed by atoms with Gasteiger partial charge >= 0.3 is 0 Å². The third kappa shape index (κ3) is 1.73. The van der Waals surface area contributed by atoms with Crippen LogP contribution in [0.15, 0.2) is 12.3 Å². The van der Waals surface area contributed by atoms with Gasteiger partial charge < -0.3 is 0 Å². The van der Waals surface area contributed by atoms with Crippen molar-refractivity contribution in [3.05, 3.63) is 23.0 Å².